The summed E-state index contributed by atoms with van der Waals surface area (Å²) in [5.41, 5.74) is 1.27. The minimum absolute atomic E-state index is 0.198. The van der Waals surface area contributed by atoms with Gasteiger partial charge < -0.3 is 9.30 Å². The molecular weight excluding hydrogens is 458 g/mol. The van der Waals surface area contributed by atoms with E-state index >= 15 is 0 Å². The van der Waals surface area contributed by atoms with E-state index in [0.717, 1.165) is 28.8 Å². The Morgan fingerprint density at radius 2 is 1.91 bits per heavy atom. The largest absolute Gasteiger partial charge is 0.497 e. The Bertz CT molecular complexity index is 1350. The molecule has 4 rings (SSSR count). The molecule has 1 aliphatic heterocycles. The van der Waals surface area contributed by atoms with Crippen LogP contribution in [0.1, 0.15) is 30.1 Å². The van der Waals surface area contributed by atoms with Crippen molar-refractivity contribution in [3.8, 4) is 5.75 Å². The lowest BCUT2D eigenvalue weighted by atomic mass is 10.0. The number of benzene rings is 2. The minimum Gasteiger partial charge on any atom is -0.497 e. The van der Waals surface area contributed by atoms with Gasteiger partial charge in [0.1, 0.15) is 5.75 Å². The van der Waals surface area contributed by atoms with E-state index in [1.165, 1.54) is 39.9 Å². The fourth-order valence-corrected chi connectivity index (χ4v) is 6.40. The maximum Gasteiger partial charge on any atom is 0.279 e. The van der Waals surface area contributed by atoms with Crippen LogP contribution in [-0.2, 0) is 16.6 Å². The number of piperidine rings is 1. The Morgan fingerprint density at radius 1 is 1.21 bits per heavy atom. The lowest BCUT2D eigenvalue weighted by Gasteiger charge is -2.29. The third-order valence-electron chi connectivity index (χ3n) is 5.88. The number of thiazole rings is 1. The highest BCUT2D eigenvalue weighted by molar-refractivity contribution is 7.89. The smallest absolute Gasteiger partial charge is 0.279 e. The SMILES string of the molecule is C=CCn1c(=NC(=O)c2ccc(S(=O)(=O)N3CCC(C)CC3)cc2)sc2cc(OC)ccc21. The number of sulfonamides is 1. The van der Waals surface area contributed by atoms with Crippen LogP contribution in [0.4, 0.5) is 0 Å². The van der Waals surface area contributed by atoms with E-state index in [1.54, 1.807) is 13.2 Å². The molecule has 1 fully saturated rings. The van der Waals surface area contributed by atoms with Crippen LogP contribution in [0.2, 0.25) is 0 Å². The zero-order valence-corrected chi connectivity index (χ0v) is 20.4. The molecule has 2 aromatic carbocycles. The quantitative estimate of drug-likeness (QED) is 0.493. The Hall–Kier alpha value is -2.75. The first-order valence-electron chi connectivity index (χ1n) is 10.8. The van der Waals surface area contributed by atoms with Crippen LogP contribution in [0.15, 0.2) is 65.0 Å². The maximum atomic E-state index is 12.9. The number of rotatable bonds is 6. The molecule has 7 nitrogen and oxygen atoms in total. The van der Waals surface area contributed by atoms with Crippen LogP contribution < -0.4 is 9.54 Å². The van der Waals surface area contributed by atoms with Gasteiger partial charge in [0.25, 0.3) is 5.91 Å². The summed E-state index contributed by atoms with van der Waals surface area (Å²) in [4.78, 5) is 18.0. The highest BCUT2D eigenvalue weighted by Crippen LogP contribution is 2.25. The number of allylic oxidation sites excluding steroid dienone is 1. The van der Waals surface area contributed by atoms with Gasteiger partial charge in [0, 0.05) is 25.2 Å². The van der Waals surface area contributed by atoms with E-state index in [-0.39, 0.29) is 4.90 Å². The van der Waals surface area contributed by atoms with Gasteiger partial charge in [-0.25, -0.2) is 8.42 Å². The Kier molecular flexibility index (Phi) is 6.83. The van der Waals surface area contributed by atoms with E-state index < -0.39 is 15.9 Å². The fourth-order valence-electron chi connectivity index (χ4n) is 3.87. The van der Waals surface area contributed by atoms with Gasteiger partial charge >= 0.3 is 0 Å². The minimum atomic E-state index is -3.56. The number of ether oxygens (including phenoxy) is 1. The molecule has 0 atom stereocenters. The third-order valence-corrected chi connectivity index (χ3v) is 8.83. The van der Waals surface area contributed by atoms with Crippen molar-refractivity contribution >= 4 is 37.5 Å². The van der Waals surface area contributed by atoms with E-state index in [2.05, 4.69) is 18.5 Å². The van der Waals surface area contributed by atoms with Crippen LogP contribution in [0.5, 0.6) is 5.75 Å². The second-order valence-corrected chi connectivity index (χ2v) is 11.1. The van der Waals surface area contributed by atoms with Crippen LogP contribution in [0, 0.1) is 5.92 Å². The molecule has 33 heavy (non-hydrogen) atoms. The van der Waals surface area contributed by atoms with E-state index in [1.807, 2.05) is 22.8 Å². The lowest BCUT2D eigenvalue weighted by Crippen LogP contribution is -2.37. The summed E-state index contributed by atoms with van der Waals surface area (Å²) in [6, 6.07) is 11.7. The molecule has 0 spiro atoms. The zero-order chi connectivity index (χ0) is 23.6. The number of carbonyl (C=O) groups excluding carboxylic acids is 1. The van der Waals surface area contributed by atoms with Crippen molar-refractivity contribution in [1.82, 2.24) is 8.87 Å². The standard InChI is InChI=1S/C24H27N3O4S2/c1-4-13-27-21-10-7-19(31-3)16-22(21)32-24(27)25-23(28)18-5-8-20(9-6-18)33(29,30)26-14-11-17(2)12-15-26/h4-10,16-17H,1,11-15H2,2-3H3. The van der Waals surface area contributed by atoms with Gasteiger partial charge in [-0.1, -0.05) is 24.3 Å². The number of amides is 1. The summed E-state index contributed by atoms with van der Waals surface area (Å²) in [5.74, 6) is 0.839. The van der Waals surface area contributed by atoms with Gasteiger partial charge in [0.15, 0.2) is 4.80 Å². The van der Waals surface area contributed by atoms with Crippen molar-refractivity contribution < 1.29 is 17.9 Å². The zero-order valence-electron chi connectivity index (χ0n) is 18.7. The molecule has 2 heterocycles. The molecule has 0 aliphatic carbocycles. The molecule has 0 saturated carbocycles. The van der Waals surface area contributed by atoms with Crippen molar-refractivity contribution in [2.75, 3.05) is 20.2 Å². The summed E-state index contributed by atoms with van der Waals surface area (Å²) in [6.45, 7) is 7.50. The van der Waals surface area contributed by atoms with Gasteiger partial charge in [0.2, 0.25) is 10.0 Å². The predicted molar refractivity (Wildman–Crippen MR) is 130 cm³/mol. The second-order valence-electron chi connectivity index (χ2n) is 8.15. The maximum absolute atomic E-state index is 12.9. The predicted octanol–water partition coefficient (Wildman–Crippen LogP) is 4.06. The molecule has 0 bridgehead atoms. The molecule has 9 heteroatoms. The van der Waals surface area contributed by atoms with Gasteiger partial charge in [0.05, 0.1) is 22.2 Å². The summed E-state index contributed by atoms with van der Waals surface area (Å²) < 4.78 is 35.5. The van der Waals surface area contributed by atoms with Crippen LogP contribution in [0.3, 0.4) is 0 Å². The number of carbonyl (C=O) groups is 1. The average Bonchev–Trinajstić information content (AvgIpc) is 3.15. The van der Waals surface area contributed by atoms with Gasteiger partial charge in [-0.2, -0.15) is 9.30 Å². The number of hydrogen-bond acceptors (Lipinski definition) is 5. The average molecular weight is 486 g/mol. The van der Waals surface area contributed by atoms with Crippen LogP contribution >= 0.6 is 11.3 Å². The molecule has 174 valence electrons. The van der Waals surface area contributed by atoms with E-state index in [0.29, 0.717) is 35.9 Å². The summed E-state index contributed by atoms with van der Waals surface area (Å²) in [5, 5.41) is 0. The van der Waals surface area contributed by atoms with Crippen molar-refractivity contribution in [2.24, 2.45) is 10.9 Å². The molecule has 0 radical (unpaired) electrons. The molecule has 1 aliphatic rings. The van der Waals surface area contributed by atoms with Crippen molar-refractivity contribution in [3.63, 3.8) is 0 Å². The molecule has 0 N–H and O–H groups in total. The van der Waals surface area contributed by atoms with E-state index in [4.69, 9.17) is 4.74 Å². The first-order valence-corrected chi connectivity index (χ1v) is 13.1. The topological polar surface area (TPSA) is 81.0 Å². The molecule has 0 unspecified atom stereocenters. The molecule has 1 amide bonds. The normalized spacial score (nSPS) is 16.2. The number of methoxy groups -OCH3 is 1. The first-order chi connectivity index (χ1) is 15.8. The summed E-state index contributed by atoms with van der Waals surface area (Å²) in [7, 11) is -1.95. The van der Waals surface area contributed by atoms with Gasteiger partial charge in [-0.3, -0.25) is 4.79 Å². The highest BCUT2D eigenvalue weighted by Gasteiger charge is 2.28. The van der Waals surface area contributed by atoms with Crippen molar-refractivity contribution in [1.29, 1.82) is 0 Å². The highest BCUT2D eigenvalue weighted by atomic mass is 32.2. The van der Waals surface area contributed by atoms with Crippen LogP contribution in [-0.4, -0.2) is 43.4 Å². The first kappa shape index (κ1) is 23.4. The summed E-state index contributed by atoms with van der Waals surface area (Å²) in [6.07, 6.45) is 3.47. The number of aromatic nitrogens is 1. The molecule has 1 saturated heterocycles. The Labute approximate surface area is 197 Å². The Morgan fingerprint density at radius 3 is 2.55 bits per heavy atom. The number of nitrogens with zero attached hydrogens (tertiary/aromatic N) is 3. The lowest BCUT2D eigenvalue weighted by molar-refractivity contribution is 0.0997. The van der Waals surface area contributed by atoms with Gasteiger partial charge in [-0.15, -0.1) is 6.58 Å². The van der Waals surface area contributed by atoms with E-state index in [9.17, 15) is 13.2 Å². The second kappa shape index (κ2) is 9.62. The fraction of sp³-hybridized carbons (Fsp3) is 0.333. The molecular formula is C24H27N3O4S2. The molecule has 3 aromatic rings. The molecule has 1 aromatic heterocycles. The number of hydrogen-bond donors (Lipinski definition) is 0. The Balaban J connectivity index is 1.63. The van der Waals surface area contributed by atoms with Gasteiger partial charge in [-0.05, 0) is 61.2 Å². The van der Waals surface area contributed by atoms with Crippen LogP contribution in [0.25, 0.3) is 10.2 Å². The van der Waals surface area contributed by atoms with Crippen molar-refractivity contribution in [2.45, 2.75) is 31.2 Å². The third kappa shape index (κ3) is 4.80. The summed E-state index contributed by atoms with van der Waals surface area (Å²) >= 11 is 1.39. The monoisotopic (exact) mass is 485 g/mol. The van der Waals surface area contributed by atoms with Crippen molar-refractivity contribution in [3.05, 3.63) is 65.5 Å². The number of fused-ring (bicyclic) bond motifs is 1.